The number of hydrogen-bond donors (Lipinski definition) is 0. The van der Waals surface area contributed by atoms with Crippen molar-refractivity contribution < 1.29 is 0 Å². The first-order valence-corrected chi connectivity index (χ1v) is 32.4. The standard InChI is InChI=1S/C78H41N9S3/c1-2-16-50-49(15-1)65-54-19-5-7-24-59(54)85(76-79-34-11-35-80-76)72(65)75-67(50)58-41-43(27-33-63(58)90-75)45-21-10-23-55-68-70(87(69(45)55)78-83-38-13-39-84-78)52-18-4-3-17-51(52)66-57-40-42(26-32-62(57)89-74(66)68)44-20-9-22-48-46(44)30-31-60-64(48)56-29-28-53-47-14-6-8-25-61(47)88-73(53)71(56)86(60)77-81-36-12-37-82-77/h1-41H. The van der Waals surface area contributed by atoms with E-state index in [0.29, 0.717) is 17.8 Å². The first-order chi connectivity index (χ1) is 44.7. The zero-order valence-corrected chi connectivity index (χ0v) is 49.9. The second-order valence-electron chi connectivity index (χ2n) is 23.2. The smallest absolute Gasteiger partial charge is 0.234 e. The van der Waals surface area contributed by atoms with Crippen LogP contribution < -0.4 is 0 Å². The largest absolute Gasteiger partial charge is 0.277 e. The Kier molecular flexibility index (Phi) is 9.84. The molecule has 0 N–H and O–H groups in total. The summed E-state index contributed by atoms with van der Waals surface area (Å²) in [5.74, 6) is 1.94. The maximum absolute atomic E-state index is 5.06. The molecule has 0 saturated heterocycles. The molecule has 9 aromatic heterocycles. The molecule has 12 heteroatoms. The van der Waals surface area contributed by atoms with Gasteiger partial charge in [0.25, 0.3) is 0 Å². The summed E-state index contributed by atoms with van der Waals surface area (Å²) >= 11 is 5.56. The van der Waals surface area contributed by atoms with Gasteiger partial charge >= 0.3 is 0 Å². The van der Waals surface area contributed by atoms with E-state index >= 15 is 0 Å². The van der Waals surface area contributed by atoms with Gasteiger partial charge in [-0.05, 0) is 104 Å². The van der Waals surface area contributed by atoms with Crippen LogP contribution in [0.1, 0.15) is 0 Å². The van der Waals surface area contributed by atoms with Gasteiger partial charge in [-0.1, -0.05) is 152 Å². The fraction of sp³-hybridized carbons (Fsp3) is 0. The average Bonchev–Trinajstić information content (AvgIpc) is 1.55. The lowest BCUT2D eigenvalue weighted by molar-refractivity contribution is 0.991. The van der Waals surface area contributed by atoms with Crippen molar-refractivity contribution in [2.45, 2.75) is 0 Å². The van der Waals surface area contributed by atoms with Crippen LogP contribution in [0.2, 0.25) is 0 Å². The van der Waals surface area contributed by atoms with Gasteiger partial charge in [-0.15, -0.1) is 34.0 Å². The summed E-state index contributed by atoms with van der Waals surface area (Å²) < 4.78 is 14.3. The van der Waals surface area contributed by atoms with Gasteiger partial charge in [0, 0.05) is 132 Å². The highest BCUT2D eigenvalue weighted by molar-refractivity contribution is 7.28. The summed E-state index contributed by atoms with van der Waals surface area (Å²) in [6.07, 6.45) is 11.1. The minimum absolute atomic E-state index is 0.627. The van der Waals surface area contributed by atoms with Crippen LogP contribution in [0.3, 0.4) is 0 Å². The molecule has 416 valence electrons. The van der Waals surface area contributed by atoms with Gasteiger partial charge in [0.1, 0.15) is 0 Å². The van der Waals surface area contributed by atoms with E-state index in [2.05, 4.69) is 208 Å². The molecule has 0 bridgehead atoms. The van der Waals surface area contributed by atoms with Gasteiger partial charge in [0.05, 0.1) is 42.5 Å². The first kappa shape index (κ1) is 48.8. The molecule has 0 saturated carbocycles. The zero-order chi connectivity index (χ0) is 58.4. The van der Waals surface area contributed by atoms with Gasteiger partial charge < -0.3 is 0 Å². The average molecular weight is 1200 g/mol. The molecule has 0 spiro atoms. The van der Waals surface area contributed by atoms with E-state index < -0.39 is 0 Å². The third-order valence-corrected chi connectivity index (χ3v) is 22.3. The molecule has 12 aromatic carbocycles. The fourth-order valence-electron chi connectivity index (χ4n) is 15.2. The molecule has 9 heterocycles. The maximum atomic E-state index is 5.06. The van der Waals surface area contributed by atoms with Crippen molar-refractivity contribution >= 4 is 192 Å². The van der Waals surface area contributed by atoms with Gasteiger partial charge in [0.15, 0.2) is 0 Å². The summed E-state index contributed by atoms with van der Waals surface area (Å²) in [5.41, 5.74) is 11.2. The molecule has 0 radical (unpaired) electrons. The highest BCUT2D eigenvalue weighted by atomic mass is 32.1. The van der Waals surface area contributed by atoms with E-state index in [1.54, 1.807) is 0 Å². The molecule has 0 fully saturated rings. The zero-order valence-electron chi connectivity index (χ0n) is 47.4. The third-order valence-electron chi connectivity index (χ3n) is 18.8. The Labute approximate surface area is 521 Å². The Morgan fingerprint density at radius 1 is 0.233 bits per heavy atom. The Morgan fingerprint density at radius 3 is 1.42 bits per heavy atom. The van der Waals surface area contributed by atoms with E-state index in [9.17, 15) is 0 Å². The van der Waals surface area contributed by atoms with Gasteiger partial charge in [-0.25, -0.2) is 29.9 Å². The topological polar surface area (TPSA) is 92.1 Å². The number of hydrogen-bond acceptors (Lipinski definition) is 9. The fourth-order valence-corrected chi connectivity index (χ4v) is 19.0. The van der Waals surface area contributed by atoms with Crippen LogP contribution in [0, 0.1) is 0 Å². The number of rotatable bonds is 5. The molecule has 9 nitrogen and oxygen atoms in total. The van der Waals surface area contributed by atoms with Crippen molar-refractivity contribution in [3.05, 3.63) is 250 Å². The molecular weight excluding hydrogens is 1160 g/mol. The lowest BCUT2D eigenvalue weighted by Gasteiger charge is -2.12. The molecule has 21 rings (SSSR count). The summed E-state index contributed by atoms with van der Waals surface area (Å²) in [4.78, 5) is 29.6. The van der Waals surface area contributed by atoms with E-state index in [1.165, 1.54) is 126 Å². The Bertz CT molecular complexity index is 6720. The molecule has 90 heavy (non-hydrogen) atoms. The lowest BCUT2D eigenvalue weighted by atomic mass is 9.93. The summed E-state index contributed by atoms with van der Waals surface area (Å²) in [7, 11) is 0. The summed E-state index contributed by atoms with van der Waals surface area (Å²) in [6, 6.07) is 77.9. The van der Waals surface area contributed by atoms with E-state index in [4.69, 9.17) is 29.9 Å². The van der Waals surface area contributed by atoms with Crippen molar-refractivity contribution in [2.75, 3.05) is 0 Å². The molecular formula is C78H41N9S3. The molecule has 21 aromatic rings. The van der Waals surface area contributed by atoms with Crippen molar-refractivity contribution in [3.8, 4) is 40.1 Å². The molecule has 0 unspecified atom stereocenters. The number of nitrogens with zero attached hydrogens (tertiary/aromatic N) is 9. The summed E-state index contributed by atoms with van der Waals surface area (Å²) in [5, 5.41) is 21.7. The minimum atomic E-state index is 0.627. The predicted octanol–water partition coefficient (Wildman–Crippen LogP) is 21.2. The second kappa shape index (κ2) is 18.2. The van der Waals surface area contributed by atoms with Gasteiger partial charge in [-0.3, -0.25) is 13.7 Å². The molecule has 0 aliphatic rings. The maximum Gasteiger partial charge on any atom is 0.234 e. The molecule has 0 aliphatic heterocycles. The van der Waals surface area contributed by atoms with Crippen LogP contribution in [-0.2, 0) is 0 Å². The Morgan fingerprint density at radius 2 is 0.711 bits per heavy atom. The van der Waals surface area contributed by atoms with Crippen LogP contribution >= 0.6 is 34.0 Å². The normalized spacial score (nSPS) is 12.4. The van der Waals surface area contributed by atoms with Crippen LogP contribution in [0.5, 0.6) is 0 Å². The number of fused-ring (bicyclic) bond motifs is 29. The third kappa shape index (κ3) is 6.47. The van der Waals surface area contributed by atoms with Crippen molar-refractivity contribution in [1.82, 2.24) is 43.6 Å². The molecule has 0 atom stereocenters. The molecule has 0 amide bonds. The van der Waals surface area contributed by atoms with Crippen molar-refractivity contribution in [2.24, 2.45) is 0 Å². The predicted molar refractivity (Wildman–Crippen MR) is 378 cm³/mol. The van der Waals surface area contributed by atoms with Crippen molar-refractivity contribution in [3.63, 3.8) is 0 Å². The number of thiophene rings is 3. The van der Waals surface area contributed by atoms with Gasteiger partial charge in [-0.2, -0.15) is 0 Å². The Balaban J connectivity index is 0.804. The monoisotopic (exact) mass is 1200 g/mol. The Hall–Kier alpha value is -11.3. The highest BCUT2D eigenvalue weighted by Gasteiger charge is 2.28. The highest BCUT2D eigenvalue weighted by Crippen LogP contribution is 2.53. The minimum Gasteiger partial charge on any atom is -0.277 e. The van der Waals surface area contributed by atoms with Crippen LogP contribution in [0.4, 0.5) is 0 Å². The number of aromatic nitrogens is 9. The van der Waals surface area contributed by atoms with E-state index in [0.717, 1.165) is 55.0 Å². The van der Waals surface area contributed by atoms with Crippen LogP contribution in [-0.4, -0.2) is 43.6 Å². The van der Waals surface area contributed by atoms with E-state index in [-0.39, 0.29) is 0 Å². The second-order valence-corrected chi connectivity index (χ2v) is 26.4. The quantitative estimate of drug-likeness (QED) is 0.170. The SMILES string of the molecule is c1cnc(-n2c3ccc4c(-c5ccc6sc7c(c6c5)c5ccccc5c5c7c6cccc(-c7ccc8sc9c(c8c7)c7ccccc7c7c8ccccc8n(-c8ncccn8)c97)c6n5-c5ncccn5)cccc4c3c3ccc4c5ccccc5sc4c32)nc1. The number of para-hydroxylation sites is 2. The molecule has 0 aliphatic carbocycles. The lowest BCUT2D eigenvalue weighted by Crippen LogP contribution is -2.01. The number of benzene rings is 12. The van der Waals surface area contributed by atoms with Crippen molar-refractivity contribution in [1.29, 1.82) is 0 Å². The summed E-state index contributed by atoms with van der Waals surface area (Å²) in [6.45, 7) is 0. The first-order valence-electron chi connectivity index (χ1n) is 30.0. The van der Waals surface area contributed by atoms with E-state index in [1.807, 2.05) is 89.4 Å². The van der Waals surface area contributed by atoms with Crippen LogP contribution in [0.25, 0.3) is 198 Å². The van der Waals surface area contributed by atoms with Crippen LogP contribution in [0.15, 0.2) is 250 Å². The van der Waals surface area contributed by atoms with Gasteiger partial charge in [0.2, 0.25) is 17.8 Å².